The van der Waals surface area contributed by atoms with Crippen LogP contribution >= 0.6 is 0 Å². The van der Waals surface area contributed by atoms with E-state index in [1.54, 1.807) is 32.9 Å². The topological polar surface area (TPSA) is 122 Å². The van der Waals surface area contributed by atoms with Crippen LogP contribution in [0.4, 0.5) is 10.5 Å². The molecule has 1 aromatic carbocycles. The number of ether oxygens (including phenoxy) is 2. The Hall–Kier alpha value is -3.43. The first kappa shape index (κ1) is 30.1. The summed E-state index contributed by atoms with van der Waals surface area (Å²) in [5.74, 6) is -1.83. The summed E-state index contributed by atoms with van der Waals surface area (Å²) in [6, 6.07) is 4.50. The van der Waals surface area contributed by atoms with Crippen molar-refractivity contribution in [1.82, 2.24) is 9.80 Å². The van der Waals surface area contributed by atoms with E-state index in [-0.39, 0.29) is 31.3 Å². The maximum atomic E-state index is 13.3. The van der Waals surface area contributed by atoms with Crippen molar-refractivity contribution in [3.05, 3.63) is 29.3 Å². The Morgan fingerprint density at radius 2 is 1.62 bits per heavy atom. The lowest BCUT2D eigenvalue weighted by Gasteiger charge is -2.35. The van der Waals surface area contributed by atoms with Crippen molar-refractivity contribution in [3.8, 4) is 0 Å². The molecule has 1 aromatic rings. The quantitative estimate of drug-likeness (QED) is 0.268. The van der Waals surface area contributed by atoms with Crippen molar-refractivity contribution in [1.29, 1.82) is 0 Å². The second-order valence-corrected chi connectivity index (χ2v) is 12.0. The van der Waals surface area contributed by atoms with Crippen LogP contribution in [0.3, 0.4) is 0 Å². The van der Waals surface area contributed by atoms with Crippen molar-refractivity contribution in [2.75, 3.05) is 11.9 Å². The van der Waals surface area contributed by atoms with Gasteiger partial charge >= 0.3 is 12.1 Å². The van der Waals surface area contributed by atoms with Gasteiger partial charge in [0.25, 0.3) is 11.8 Å². The fourth-order valence-corrected chi connectivity index (χ4v) is 4.69. The summed E-state index contributed by atoms with van der Waals surface area (Å²) in [6.07, 6.45) is 3.04. The van der Waals surface area contributed by atoms with Gasteiger partial charge in [-0.25, -0.2) is 4.79 Å². The molecule has 1 unspecified atom stereocenters. The highest BCUT2D eigenvalue weighted by Crippen LogP contribution is 2.33. The molecule has 39 heavy (non-hydrogen) atoms. The summed E-state index contributed by atoms with van der Waals surface area (Å²) in [4.78, 5) is 65.3. The summed E-state index contributed by atoms with van der Waals surface area (Å²) in [5.41, 5.74) is 0.781. The number of benzene rings is 1. The summed E-state index contributed by atoms with van der Waals surface area (Å²) in [7, 11) is 0. The molecule has 0 bridgehead atoms. The van der Waals surface area contributed by atoms with Gasteiger partial charge in [-0.05, 0) is 72.9 Å². The number of carbonyl (C=O) groups excluding carboxylic acids is 5. The second-order valence-electron chi connectivity index (χ2n) is 12.0. The average molecular weight is 544 g/mol. The number of amides is 4. The van der Waals surface area contributed by atoms with E-state index in [1.165, 1.54) is 4.90 Å². The molecule has 0 saturated carbocycles. The van der Waals surface area contributed by atoms with Crippen LogP contribution < -0.4 is 5.32 Å². The molecular weight excluding hydrogens is 502 g/mol. The number of hydrogen-bond acceptors (Lipinski definition) is 8. The highest BCUT2D eigenvalue weighted by molar-refractivity contribution is 6.13. The number of unbranched alkanes of at least 4 members (excludes halogenated alkanes) is 3. The maximum absolute atomic E-state index is 13.3. The maximum Gasteiger partial charge on any atom is 0.424 e. The van der Waals surface area contributed by atoms with Crippen molar-refractivity contribution >= 4 is 35.5 Å². The van der Waals surface area contributed by atoms with E-state index >= 15 is 0 Å². The van der Waals surface area contributed by atoms with Crippen LogP contribution in [0.1, 0.15) is 102 Å². The number of piperidine rings is 1. The van der Waals surface area contributed by atoms with Gasteiger partial charge in [0.2, 0.25) is 5.91 Å². The van der Waals surface area contributed by atoms with E-state index in [4.69, 9.17) is 9.47 Å². The van der Waals surface area contributed by atoms with E-state index in [1.807, 2.05) is 26.8 Å². The van der Waals surface area contributed by atoms with Crippen molar-refractivity contribution in [2.24, 2.45) is 0 Å². The Kier molecular flexibility index (Phi) is 9.40. The minimum absolute atomic E-state index is 0.0329. The van der Waals surface area contributed by atoms with Crippen molar-refractivity contribution in [2.45, 2.75) is 110 Å². The monoisotopic (exact) mass is 543 g/mol. The standard InChI is InChI=1S/C29H41N3O7/c1-28(2,3)38-24(34)14-9-7-8-10-17-30-21-13-11-12-19-20(21)18-31(25(19)35)22-15-16-23(33)32(26(22)36)27(37)39-29(4,5)6/h11-13,22,30H,7-10,14-18H2,1-6H3. The van der Waals surface area contributed by atoms with Crippen LogP contribution in [-0.2, 0) is 30.4 Å². The van der Waals surface area contributed by atoms with E-state index in [9.17, 15) is 24.0 Å². The van der Waals surface area contributed by atoms with Gasteiger partial charge in [0.05, 0.1) is 0 Å². The van der Waals surface area contributed by atoms with Gasteiger partial charge in [-0.15, -0.1) is 0 Å². The number of esters is 1. The van der Waals surface area contributed by atoms with Crippen molar-refractivity contribution in [3.63, 3.8) is 0 Å². The molecule has 4 amide bonds. The van der Waals surface area contributed by atoms with Gasteiger partial charge in [-0.1, -0.05) is 18.9 Å². The van der Waals surface area contributed by atoms with Gasteiger partial charge in [-0.3, -0.25) is 19.2 Å². The third-order valence-corrected chi connectivity index (χ3v) is 6.38. The minimum atomic E-state index is -1.01. The third-order valence-electron chi connectivity index (χ3n) is 6.38. The number of fused-ring (bicyclic) bond motifs is 1. The molecule has 1 saturated heterocycles. The number of rotatable bonds is 9. The third kappa shape index (κ3) is 8.03. The molecule has 10 nitrogen and oxygen atoms in total. The molecule has 3 rings (SSSR count). The van der Waals surface area contributed by atoms with E-state index in [0.29, 0.717) is 23.4 Å². The van der Waals surface area contributed by atoms with Crippen LogP contribution in [0.5, 0.6) is 0 Å². The molecule has 10 heteroatoms. The molecule has 2 aliphatic heterocycles. The fraction of sp³-hybridized carbons (Fsp3) is 0.621. The Bertz CT molecular complexity index is 1120. The molecule has 1 fully saturated rings. The molecule has 0 spiro atoms. The van der Waals surface area contributed by atoms with Crippen LogP contribution in [0.25, 0.3) is 0 Å². The average Bonchev–Trinajstić information content (AvgIpc) is 3.13. The zero-order valence-corrected chi connectivity index (χ0v) is 23.9. The van der Waals surface area contributed by atoms with Crippen LogP contribution in [-0.4, -0.2) is 63.4 Å². The number of hydrogen-bond donors (Lipinski definition) is 1. The van der Waals surface area contributed by atoms with Gasteiger partial charge in [0.1, 0.15) is 17.2 Å². The normalized spacial score (nSPS) is 17.8. The predicted molar refractivity (Wildman–Crippen MR) is 145 cm³/mol. The Labute approximate surface area is 230 Å². The largest absolute Gasteiger partial charge is 0.460 e. The van der Waals surface area contributed by atoms with Gasteiger partial charge in [0.15, 0.2) is 0 Å². The van der Waals surface area contributed by atoms with E-state index in [0.717, 1.165) is 36.9 Å². The molecule has 214 valence electrons. The van der Waals surface area contributed by atoms with Gasteiger partial charge in [-0.2, -0.15) is 4.90 Å². The predicted octanol–water partition coefficient (Wildman–Crippen LogP) is 4.80. The first-order valence-electron chi connectivity index (χ1n) is 13.7. The zero-order chi connectivity index (χ0) is 29.0. The van der Waals surface area contributed by atoms with Gasteiger partial charge < -0.3 is 19.7 Å². The Balaban J connectivity index is 1.55. The molecule has 2 heterocycles. The first-order chi connectivity index (χ1) is 18.2. The summed E-state index contributed by atoms with van der Waals surface area (Å²) >= 11 is 0. The van der Waals surface area contributed by atoms with Crippen LogP contribution in [0.15, 0.2) is 18.2 Å². The zero-order valence-electron chi connectivity index (χ0n) is 23.9. The number of carbonyl (C=O) groups is 5. The molecule has 0 radical (unpaired) electrons. The molecule has 1 atom stereocenters. The molecule has 0 aliphatic carbocycles. The minimum Gasteiger partial charge on any atom is -0.460 e. The summed E-state index contributed by atoms with van der Waals surface area (Å²) in [5, 5.41) is 3.40. The molecule has 1 N–H and O–H groups in total. The van der Waals surface area contributed by atoms with Crippen LogP contribution in [0.2, 0.25) is 0 Å². The van der Waals surface area contributed by atoms with E-state index in [2.05, 4.69) is 5.32 Å². The lowest BCUT2D eigenvalue weighted by atomic mass is 10.0. The highest BCUT2D eigenvalue weighted by Gasteiger charge is 2.46. The lowest BCUT2D eigenvalue weighted by Crippen LogP contribution is -2.57. The van der Waals surface area contributed by atoms with Crippen LogP contribution in [0, 0.1) is 0 Å². The molecule has 2 aliphatic rings. The smallest absolute Gasteiger partial charge is 0.424 e. The number of likely N-dealkylation sites (tertiary alicyclic amines) is 1. The highest BCUT2D eigenvalue weighted by atomic mass is 16.6. The van der Waals surface area contributed by atoms with E-state index < -0.39 is 35.2 Å². The SMILES string of the molecule is CC(C)(C)OC(=O)CCCCCCNc1cccc2c1CN(C1CCC(=O)N(C(=O)OC(C)(C)C)C1=O)C2=O. The Morgan fingerprint density at radius 3 is 2.28 bits per heavy atom. The summed E-state index contributed by atoms with van der Waals surface area (Å²) in [6.45, 7) is 11.4. The molecular formula is C29H41N3O7. The second kappa shape index (κ2) is 12.2. The lowest BCUT2D eigenvalue weighted by molar-refractivity contribution is -0.155. The Morgan fingerprint density at radius 1 is 0.949 bits per heavy atom. The summed E-state index contributed by atoms with van der Waals surface area (Å²) < 4.78 is 10.6. The van der Waals surface area contributed by atoms with Gasteiger partial charge in [0, 0.05) is 42.7 Å². The number of imide groups is 3. The molecule has 0 aromatic heterocycles. The number of nitrogens with one attached hydrogen (secondary N) is 1. The first-order valence-corrected chi connectivity index (χ1v) is 13.7. The fourth-order valence-electron chi connectivity index (χ4n) is 4.69. The number of nitrogens with zero attached hydrogens (tertiary/aromatic N) is 2. The number of anilines is 1. The van der Waals surface area contributed by atoms with Crippen molar-refractivity contribution < 1.29 is 33.4 Å².